The van der Waals surface area contributed by atoms with Gasteiger partial charge in [-0.25, -0.2) is 0 Å². The van der Waals surface area contributed by atoms with E-state index in [4.69, 9.17) is 0 Å². The highest BCUT2D eigenvalue weighted by molar-refractivity contribution is 5.94. The number of anilines is 1. The van der Waals surface area contributed by atoms with Crippen molar-refractivity contribution >= 4 is 11.6 Å². The van der Waals surface area contributed by atoms with Crippen LogP contribution in [0.25, 0.3) is 0 Å². The molecule has 0 aliphatic carbocycles. The second-order valence-corrected chi connectivity index (χ2v) is 5.37. The van der Waals surface area contributed by atoms with Crippen molar-refractivity contribution in [1.82, 2.24) is 9.80 Å². The normalized spacial score (nSPS) is 17.4. The second kappa shape index (κ2) is 6.17. The molecule has 4 nitrogen and oxygen atoms in total. The van der Waals surface area contributed by atoms with E-state index in [-0.39, 0.29) is 5.91 Å². The van der Waals surface area contributed by atoms with E-state index in [1.54, 1.807) is 4.90 Å². The average molecular weight is 261 g/mol. The van der Waals surface area contributed by atoms with Gasteiger partial charge < -0.3 is 9.80 Å². The maximum Gasteiger partial charge on any atom is 0.240 e. The lowest BCUT2D eigenvalue weighted by molar-refractivity contribution is -0.119. The van der Waals surface area contributed by atoms with Crippen molar-refractivity contribution < 1.29 is 4.79 Å². The number of likely N-dealkylation sites (N-methyl/N-ethyl adjacent to an activating group) is 2. The highest BCUT2D eigenvalue weighted by Crippen LogP contribution is 2.14. The number of hydrogen-bond acceptors (Lipinski definition) is 3. The number of carbonyl (C=O) groups excluding carboxylic acids is 1. The molecule has 0 atom stereocenters. The molecule has 1 aromatic carbocycles. The first kappa shape index (κ1) is 14.0. The number of carbonyl (C=O) groups is 1. The van der Waals surface area contributed by atoms with Crippen LogP contribution in [0.2, 0.25) is 0 Å². The molecule has 4 heteroatoms. The summed E-state index contributed by atoms with van der Waals surface area (Å²) in [6, 6.07) is 8.07. The van der Waals surface area contributed by atoms with Crippen LogP contribution in [0.15, 0.2) is 24.3 Å². The zero-order valence-electron chi connectivity index (χ0n) is 12.1. The van der Waals surface area contributed by atoms with Crippen molar-refractivity contribution in [3.8, 4) is 0 Å². The Hall–Kier alpha value is -1.39. The van der Waals surface area contributed by atoms with Gasteiger partial charge in [0.2, 0.25) is 5.91 Å². The van der Waals surface area contributed by atoms with Crippen LogP contribution in [0.3, 0.4) is 0 Å². The van der Waals surface area contributed by atoms with Gasteiger partial charge in [0.15, 0.2) is 0 Å². The summed E-state index contributed by atoms with van der Waals surface area (Å²) in [6.07, 6.45) is 0. The summed E-state index contributed by atoms with van der Waals surface area (Å²) in [7, 11) is 3.97. The van der Waals surface area contributed by atoms with E-state index in [1.807, 2.05) is 31.3 Å². The Kier molecular flexibility index (Phi) is 4.56. The predicted molar refractivity (Wildman–Crippen MR) is 78.5 cm³/mol. The molecule has 19 heavy (non-hydrogen) atoms. The van der Waals surface area contributed by atoms with Crippen LogP contribution in [0, 0.1) is 6.92 Å². The summed E-state index contributed by atoms with van der Waals surface area (Å²) in [6.45, 7) is 6.60. The maximum atomic E-state index is 12.2. The van der Waals surface area contributed by atoms with Gasteiger partial charge in [0.05, 0.1) is 6.54 Å². The van der Waals surface area contributed by atoms with E-state index in [0.717, 1.165) is 31.9 Å². The average Bonchev–Trinajstić information content (AvgIpc) is 2.41. The highest BCUT2D eigenvalue weighted by Gasteiger charge is 2.19. The Balaban J connectivity index is 1.90. The minimum absolute atomic E-state index is 0.161. The Morgan fingerprint density at radius 3 is 2.32 bits per heavy atom. The van der Waals surface area contributed by atoms with Crippen molar-refractivity contribution in [2.24, 2.45) is 0 Å². The number of benzene rings is 1. The SMILES string of the molecule is Cc1ccc(N(C)C(=O)CN2CCN(C)CC2)cc1. The number of hydrogen-bond donors (Lipinski definition) is 0. The largest absolute Gasteiger partial charge is 0.314 e. The Morgan fingerprint density at radius 1 is 1.16 bits per heavy atom. The fourth-order valence-corrected chi connectivity index (χ4v) is 2.22. The van der Waals surface area contributed by atoms with Crippen LogP contribution in [0.4, 0.5) is 5.69 Å². The van der Waals surface area contributed by atoms with Crippen molar-refractivity contribution in [3.63, 3.8) is 0 Å². The van der Waals surface area contributed by atoms with Crippen LogP contribution < -0.4 is 4.90 Å². The van der Waals surface area contributed by atoms with Gasteiger partial charge in [-0.1, -0.05) is 17.7 Å². The third-order valence-electron chi connectivity index (χ3n) is 3.75. The predicted octanol–water partition coefficient (Wildman–Crippen LogP) is 1.21. The Bertz CT molecular complexity index is 422. The minimum Gasteiger partial charge on any atom is -0.314 e. The number of rotatable bonds is 3. The third kappa shape index (κ3) is 3.78. The molecule has 0 aromatic heterocycles. The molecule has 0 N–H and O–H groups in total. The summed E-state index contributed by atoms with van der Waals surface area (Å²) in [5.41, 5.74) is 2.17. The number of nitrogens with zero attached hydrogens (tertiary/aromatic N) is 3. The molecule has 1 heterocycles. The lowest BCUT2D eigenvalue weighted by Crippen LogP contribution is -2.48. The highest BCUT2D eigenvalue weighted by atomic mass is 16.2. The van der Waals surface area contributed by atoms with Crippen LogP contribution >= 0.6 is 0 Å². The Morgan fingerprint density at radius 2 is 1.74 bits per heavy atom. The molecular weight excluding hydrogens is 238 g/mol. The van der Waals surface area contributed by atoms with E-state index in [1.165, 1.54) is 5.56 Å². The van der Waals surface area contributed by atoms with Gasteiger partial charge in [-0.05, 0) is 26.1 Å². The zero-order valence-corrected chi connectivity index (χ0v) is 12.1. The first-order valence-corrected chi connectivity index (χ1v) is 6.80. The molecule has 1 aliphatic rings. The van der Waals surface area contributed by atoms with Crippen LogP contribution in [-0.2, 0) is 4.79 Å². The first-order chi connectivity index (χ1) is 9.06. The molecular formula is C15H23N3O. The molecule has 0 saturated carbocycles. The fourth-order valence-electron chi connectivity index (χ4n) is 2.22. The summed E-state index contributed by atoms with van der Waals surface area (Å²) >= 11 is 0. The fraction of sp³-hybridized carbons (Fsp3) is 0.533. The Labute approximate surface area is 115 Å². The summed E-state index contributed by atoms with van der Waals surface area (Å²) in [5.74, 6) is 0.161. The minimum atomic E-state index is 0.161. The van der Waals surface area contributed by atoms with E-state index < -0.39 is 0 Å². The number of piperazine rings is 1. The summed E-state index contributed by atoms with van der Waals surface area (Å²) < 4.78 is 0. The topological polar surface area (TPSA) is 26.8 Å². The maximum absolute atomic E-state index is 12.2. The lowest BCUT2D eigenvalue weighted by Gasteiger charge is -2.32. The van der Waals surface area contributed by atoms with Gasteiger partial charge in [-0.3, -0.25) is 9.69 Å². The van der Waals surface area contributed by atoms with E-state index in [0.29, 0.717) is 6.54 Å². The van der Waals surface area contributed by atoms with Gasteiger partial charge in [-0.2, -0.15) is 0 Å². The molecule has 1 saturated heterocycles. The molecule has 0 spiro atoms. The molecule has 104 valence electrons. The number of aryl methyl sites for hydroxylation is 1. The monoisotopic (exact) mass is 261 g/mol. The van der Waals surface area contributed by atoms with E-state index in [9.17, 15) is 4.79 Å². The van der Waals surface area contributed by atoms with Gasteiger partial charge in [0, 0.05) is 38.9 Å². The molecule has 2 rings (SSSR count). The van der Waals surface area contributed by atoms with Crippen molar-refractivity contribution in [1.29, 1.82) is 0 Å². The van der Waals surface area contributed by atoms with Gasteiger partial charge in [0.1, 0.15) is 0 Å². The first-order valence-electron chi connectivity index (χ1n) is 6.80. The lowest BCUT2D eigenvalue weighted by atomic mass is 10.2. The number of amides is 1. The van der Waals surface area contributed by atoms with Crippen molar-refractivity contribution in [3.05, 3.63) is 29.8 Å². The molecule has 0 bridgehead atoms. The smallest absolute Gasteiger partial charge is 0.240 e. The molecule has 1 fully saturated rings. The van der Waals surface area contributed by atoms with Gasteiger partial charge >= 0.3 is 0 Å². The summed E-state index contributed by atoms with van der Waals surface area (Å²) in [4.78, 5) is 18.5. The molecule has 1 amide bonds. The third-order valence-corrected chi connectivity index (χ3v) is 3.75. The quantitative estimate of drug-likeness (QED) is 0.818. The van der Waals surface area contributed by atoms with Crippen molar-refractivity contribution in [2.45, 2.75) is 6.92 Å². The van der Waals surface area contributed by atoms with Crippen molar-refractivity contribution in [2.75, 3.05) is 51.7 Å². The molecule has 1 aliphatic heterocycles. The van der Waals surface area contributed by atoms with Gasteiger partial charge in [-0.15, -0.1) is 0 Å². The van der Waals surface area contributed by atoms with Gasteiger partial charge in [0.25, 0.3) is 0 Å². The molecule has 1 aromatic rings. The second-order valence-electron chi connectivity index (χ2n) is 5.37. The zero-order chi connectivity index (χ0) is 13.8. The van der Waals surface area contributed by atoms with E-state index >= 15 is 0 Å². The van der Waals surface area contributed by atoms with Crippen LogP contribution in [0.5, 0.6) is 0 Å². The standard InChI is InChI=1S/C15H23N3O/c1-13-4-6-14(7-5-13)17(3)15(19)12-18-10-8-16(2)9-11-18/h4-7H,8-12H2,1-3H3. The molecule has 0 radical (unpaired) electrons. The molecule has 0 unspecified atom stereocenters. The van der Waals surface area contributed by atoms with E-state index in [2.05, 4.69) is 23.8 Å². The summed E-state index contributed by atoms with van der Waals surface area (Å²) in [5, 5.41) is 0. The van der Waals surface area contributed by atoms with Crippen LogP contribution in [-0.4, -0.2) is 62.5 Å². The van der Waals surface area contributed by atoms with Crippen LogP contribution in [0.1, 0.15) is 5.56 Å².